The Balaban J connectivity index is 1.92. The van der Waals surface area contributed by atoms with E-state index in [0.717, 1.165) is 28.9 Å². The fourth-order valence-electron chi connectivity index (χ4n) is 6.26. The minimum Gasteiger partial charge on any atom is -0.504 e. The molecule has 1 aromatic carbocycles. The third-order valence-corrected chi connectivity index (χ3v) is 6.61. The minimum absolute atomic E-state index is 0.0834. The van der Waals surface area contributed by atoms with Gasteiger partial charge in [-0.25, -0.2) is 0 Å². The summed E-state index contributed by atoms with van der Waals surface area (Å²) < 4.78 is 0. The Morgan fingerprint density at radius 3 is 1.78 bits per heavy atom. The van der Waals surface area contributed by atoms with E-state index in [-0.39, 0.29) is 28.1 Å². The first-order valence-electron chi connectivity index (χ1n) is 8.98. The van der Waals surface area contributed by atoms with Gasteiger partial charge in [-0.2, -0.15) is 0 Å². The number of benzene rings is 1. The fraction of sp³-hybridized carbons (Fsp3) is 0.700. The predicted molar refractivity (Wildman–Crippen MR) is 90.0 cm³/mol. The summed E-state index contributed by atoms with van der Waals surface area (Å²) in [6, 6.07) is 1.75. The van der Waals surface area contributed by atoms with Crippen LogP contribution in [0.25, 0.3) is 0 Å². The maximum absolute atomic E-state index is 10.6. The Morgan fingerprint density at radius 2 is 1.35 bits per heavy atom. The molecule has 3 nitrogen and oxygen atoms in total. The molecule has 4 aliphatic carbocycles. The second-order valence-electron chi connectivity index (χ2n) is 9.46. The lowest BCUT2D eigenvalue weighted by Gasteiger charge is -2.58. The first kappa shape index (κ1) is 15.2. The summed E-state index contributed by atoms with van der Waals surface area (Å²) >= 11 is 0. The van der Waals surface area contributed by atoms with Crippen molar-refractivity contribution in [2.45, 2.75) is 70.1 Å². The molecule has 3 heteroatoms. The molecule has 0 amide bonds. The molecule has 23 heavy (non-hydrogen) atoms. The highest BCUT2D eigenvalue weighted by Gasteiger charge is 2.53. The summed E-state index contributed by atoms with van der Waals surface area (Å²) in [5, 5.41) is 30.8. The molecule has 0 unspecified atom stereocenters. The van der Waals surface area contributed by atoms with Gasteiger partial charge in [-0.15, -0.1) is 0 Å². The van der Waals surface area contributed by atoms with Crippen LogP contribution in [0.2, 0.25) is 0 Å². The third kappa shape index (κ3) is 2.15. The van der Waals surface area contributed by atoms with Crippen molar-refractivity contribution in [2.75, 3.05) is 0 Å². The summed E-state index contributed by atoms with van der Waals surface area (Å²) in [6.45, 7) is 6.22. The van der Waals surface area contributed by atoms with Gasteiger partial charge >= 0.3 is 0 Å². The summed E-state index contributed by atoms with van der Waals surface area (Å²) in [6.07, 6.45) is 7.60. The van der Waals surface area contributed by atoms with Gasteiger partial charge in [0.15, 0.2) is 11.5 Å². The molecule has 4 aliphatic rings. The summed E-state index contributed by atoms with van der Waals surface area (Å²) in [5.74, 6) is 1.72. The maximum atomic E-state index is 10.6. The van der Waals surface area contributed by atoms with Crippen LogP contribution in [-0.4, -0.2) is 15.3 Å². The molecule has 0 atom stereocenters. The molecule has 4 saturated carbocycles. The van der Waals surface area contributed by atoms with Crippen molar-refractivity contribution in [1.29, 1.82) is 0 Å². The average molecular weight is 316 g/mol. The van der Waals surface area contributed by atoms with Crippen molar-refractivity contribution < 1.29 is 15.3 Å². The Hall–Kier alpha value is -1.38. The van der Waals surface area contributed by atoms with Crippen molar-refractivity contribution >= 4 is 0 Å². The quantitative estimate of drug-likeness (QED) is 0.665. The van der Waals surface area contributed by atoms with Crippen LogP contribution in [0.3, 0.4) is 0 Å². The van der Waals surface area contributed by atoms with Crippen LogP contribution in [-0.2, 0) is 10.8 Å². The lowest BCUT2D eigenvalue weighted by Crippen LogP contribution is -2.49. The molecular weight excluding hydrogens is 288 g/mol. The standard InChI is InChI=1S/C20H28O3/c1-19(2,3)16-14(7-15(21)17(22)18(16)23)20-8-11-4-12(9-20)6-13(5-11)10-20/h7,11-13,21-23H,4-6,8-10H2,1-3H3. The van der Waals surface area contributed by atoms with Crippen molar-refractivity contribution in [1.82, 2.24) is 0 Å². The smallest absolute Gasteiger partial charge is 0.200 e. The van der Waals surface area contributed by atoms with Crippen molar-refractivity contribution in [3.63, 3.8) is 0 Å². The van der Waals surface area contributed by atoms with Gasteiger partial charge in [0, 0.05) is 5.56 Å². The van der Waals surface area contributed by atoms with Gasteiger partial charge in [-0.3, -0.25) is 0 Å². The second-order valence-corrected chi connectivity index (χ2v) is 9.46. The summed E-state index contributed by atoms with van der Waals surface area (Å²) in [5.41, 5.74) is 1.74. The average Bonchev–Trinajstić information content (AvgIpc) is 2.41. The lowest BCUT2D eigenvalue weighted by molar-refractivity contribution is -0.00617. The molecule has 0 saturated heterocycles. The van der Waals surface area contributed by atoms with Crippen LogP contribution in [0.1, 0.15) is 70.4 Å². The second kappa shape index (κ2) is 4.58. The number of phenolic OH excluding ortho intramolecular Hbond substituents is 3. The molecule has 1 aromatic rings. The Kier molecular flexibility index (Phi) is 3.02. The molecule has 4 fully saturated rings. The van der Waals surface area contributed by atoms with Crippen LogP contribution < -0.4 is 0 Å². The van der Waals surface area contributed by atoms with Crippen molar-refractivity contribution in [3.05, 3.63) is 17.2 Å². The van der Waals surface area contributed by atoms with E-state index in [1.165, 1.54) is 38.5 Å². The van der Waals surface area contributed by atoms with Gasteiger partial charge < -0.3 is 15.3 Å². The van der Waals surface area contributed by atoms with Crippen molar-refractivity contribution in [3.8, 4) is 17.2 Å². The zero-order valence-corrected chi connectivity index (χ0v) is 14.4. The number of hydrogen-bond acceptors (Lipinski definition) is 3. The summed E-state index contributed by atoms with van der Waals surface area (Å²) in [7, 11) is 0. The first-order chi connectivity index (χ1) is 10.7. The lowest BCUT2D eigenvalue weighted by atomic mass is 9.47. The van der Waals surface area contributed by atoms with E-state index in [1.807, 2.05) is 0 Å². The van der Waals surface area contributed by atoms with E-state index < -0.39 is 0 Å². The van der Waals surface area contributed by atoms with Gasteiger partial charge in [-0.05, 0) is 78.7 Å². The number of hydrogen-bond donors (Lipinski definition) is 3. The highest BCUT2D eigenvalue weighted by molar-refractivity contribution is 5.61. The monoisotopic (exact) mass is 316 g/mol. The molecule has 3 N–H and O–H groups in total. The molecule has 0 radical (unpaired) electrons. The number of phenols is 3. The summed E-state index contributed by atoms with van der Waals surface area (Å²) in [4.78, 5) is 0. The van der Waals surface area contributed by atoms with E-state index in [9.17, 15) is 15.3 Å². The molecule has 0 spiro atoms. The normalized spacial score (nSPS) is 35.7. The van der Waals surface area contributed by atoms with Crippen LogP contribution in [0, 0.1) is 17.8 Å². The van der Waals surface area contributed by atoms with Gasteiger partial charge in [0.25, 0.3) is 0 Å². The number of rotatable bonds is 1. The molecule has 5 rings (SSSR count). The number of aromatic hydroxyl groups is 3. The van der Waals surface area contributed by atoms with E-state index in [2.05, 4.69) is 20.8 Å². The Bertz CT molecular complexity index is 619. The van der Waals surface area contributed by atoms with E-state index in [4.69, 9.17) is 0 Å². The topological polar surface area (TPSA) is 60.7 Å². The highest BCUT2D eigenvalue weighted by atomic mass is 16.3. The van der Waals surface area contributed by atoms with Crippen molar-refractivity contribution in [2.24, 2.45) is 17.8 Å². The van der Waals surface area contributed by atoms with Crippen LogP contribution in [0.15, 0.2) is 6.07 Å². The molecule has 0 aromatic heterocycles. The molecular formula is C20H28O3. The Labute approximate surface area is 138 Å². The van der Waals surface area contributed by atoms with Crippen LogP contribution in [0.5, 0.6) is 17.2 Å². The molecule has 4 bridgehead atoms. The van der Waals surface area contributed by atoms with Gasteiger partial charge in [0.2, 0.25) is 5.75 Å². The minimum atomic E-state index is -0.372. The van der Waals surface area contributed by atoms with E-state index in [0.29, 0.717) is 0 Å². The zero-order chi connectivity index (χ0) is 16.6. The van der Waals surface area contributed by atoms with E-state index in [1.54, 1.807) is 6.07 Å². The highest BCUT2D eigenvalue weighted by Crippen LogP contribution is 2.63. The largest absolute Gasteiger partial charge is 0.504 e. The van der Waals surface area contributed by atoms with Gasteiger partial charge in [0.1, 0.15) is 0 Å². The van der Waals surface area contributed by atoms with Crippen LogP contribution >= 0.6 is 0 Å². The SMILES string of the molecule is CC(C)(C)c1c(C23CC4CC(CC(C4)C2)C3)cc(O)c(O)c1O. The molecule has 0 aliphatic heterocycles. The maximum Gasteiger partial charge on any atom is 0.200 e. The van der Waals surface area contributed by atoms with Gasteiger partial charge in [-0.1, -0.05) is 20.8 Å². The zero-order valence-electron chi connectivity index (χ0n) is 14.4. The van der Waals surface area contributed by atoms with Gasteiger partial charge in [0.05, 0.1) is 0 Å². The Morgan fingerprint density at radius 1 is 0.870 bits per heavy atom. The predicted octanol–water partition coefficient (Wildman–Crippen LogP) is 4.57. The first-order valence-corrected chi connectivity index (χ1v) is 8.98. The molecule has 0 heterocycles. The third-order valence-electron chi connectivity index (χ3n) is 6.61. The fourth-order valence-corrected chi connectivity index (χ4v) is 6.26. The van der Waals surface area contributed by atoms with E-state index >= 15 is 0 Å². The molecule has 126 valence electrons. The van der Waals surface area contributed by atoms with Crippen LogP contribution in [0.4, 0.5) is 0 Å².